The van der Waals surface area contributed by atoms with Gasteiger partial charge in [0.1, 0.15) is 24.1 Å². The number of methoxy groups -OCH3 is 2. The van der Waals surface area contributed by atoms with Crippen molar-refractivity contribution < 1.29 is 27.5 Å². The van der Waals surface area contributed by atoms with Crippen LogP contribution in [0.25, 0.3) is 0 Å². The number of amides is 2. The molecule has 4 aromatic carbocycles. The number of hydrogen-bond acceptors (Lipinski definition) is 6. The quantitative estimate of drug-likeness (QED) is 0.158. The normalized spacial score (nSPS) is 14.0. The van der Waals surface area contributed by atoms with Gasteiger partial charge in [-0.05, 0) is 54.3 Å². The fourth-order valence-corrected chi connectivity index (χ4v) is 7.77. The number of anilines is 1. The molecular formula is C38H42ClN3O6S. The molecule has 258 valence electrons. The summed E-state index contributed by atoms with van der Waals surface area (Å²) in [5.74, 6) is -0.295. The van der Waals surface area contributed by atoms with Gasteiger partial charge < -0.3 is 19.7 Å². The van der Waals surface area contributed by atoms with Crippen LogP contribution in [0.2, 0.25) is 5.02 Å². The van der Waals surface area contributed by atoms with E-state index in [0.717, 1.165) is 42.0 Å². The SMILES string of the molecule is COc1ccc(OC)c(N(CC(=O)N(Cc2ccccc2Cl)[C@H](Cc2ccccc2)C(=O)NC2CCCCC2)S(=O)(=O)c2ccccc2)c1. The minimum Gasteiger partial charge on any atom is -0.497 e. The second-order valence-corrected chi connectivity index (χ2v) is 14.3. The van der Waals surface area contributed by atoms with Crippen LogP contribution >= 0.6 is 11.6 Å². The van der Waals surface area contributed by atoms with Crippen molar-refractivity contribution in [1.29, 1.82) is 0 Å². The molecule has 5 rings (SSSR count). The van der Waals surface area contributed by atoms with Gasteiger partial charge in [-0.3, -0.25) is 13.9 Å². The van der Waals surface area contributed by atoms with E-state index in [1.807, 2.05) is 36.4 Å². The second kappa shape index (κ2) is 16.7. The first-order chi connectivity index (χ1) is 23.7. The number of halogens is 1. The average molecular weight is 704 g/mol. The maximum absolute atomic E-state index is 14.8. The molecule has 1 atom stereocenters. The van der Waals surface area contributed by atoms with E-state index in [1.165, 1.54) is 37.3 Å². The van der Waals surface area contributed by atoms with Crippen molar-refractivity contribution in [2.24, 2.45) is 0 Å². The predicted octanol–water partition coefficient (Wildman–Crippen LogP) is 6.64. The molecule has 1 aliphatic carbocycles. The number of benzene rings is 4. The molecule has 1 N–H and O–H groups in total. The number of ether oxygens (including phenoxy) is 2. The van der Waals surface area contributed by atoms with Crippen LogP contribution in [0.1, 0.15) is 43.2 Å². The Hall–Kier alpha value is -4.54. The summed E-state index contributed by atoms with van der Waals surface area (Å²) < 4.78 is 40.8. The van der Waals surface area contributed by atoms with E-state index >= 15 is 0 Å². The summed E-state index contributed by atoms with van der Waals surface area (Å²) in [4.78, 5) is 30.6. The summed E-state index contributed by atoms with van der Waals surface area (Å²) >= 11 is 6.63. The number of rotatable bonds is 14. The molecule has 0 aromatic heterocycles. The van der Waals surface area contributed by atoms with Crippen molar-refractivity contribution >= 4 is 39.1 Å². The predicted molar refractivity (Wildman–Crippen MR) is 191 cm³/mol. The van der Waals surface area contributed by atoms with Crippen LogP contribution in [0.5, 0.6) is 11.5 Å². The van der Waals surface area contributed by atoms with E-state index in [2.05, 4.69) is 5.32 Å². The van der Waals surface area contributed by atoms with Gasteiger partial charge in [-0.2, -0.15) is 0 Å². The van der Waals surface area contributed by atoms with Gasteiger partial charge in [0, 0.05) is 30.1 Å². The van der Waals surface area contributed by atoms with Crippen LogP contribution in [0.15, 0.2) is 108 Å². The first-order valence-corrected chi connectivity index (χ1v) is 18.2. The zero-order valence-electron chi connectivity index (χ0n) is 27.8. The average Bonchev–Trinajstić information content (AvgIpc) is 3.13. The minimum atomic E-state index is -4.33. The summed E-state index contributed by atoms with van der Waals surface area (Å²) in [6.45, 7) is -0.657. The van der Waals surface area contributed by atoms with Crippen LogP contribution in [-0.4, -0.2) is 58.0 Å². The molecule has 1 aliphatic rings. The van der Waals surface area contributed by atoms with Gasteiger partial charge >= 0.3 is 0 Å². The van der Waals surface area contributed by atoms with Crippen LogP contribution < -0.4 is 19.1 Å². The molecule has 0 spiro atoms. The summed E-state index contributed by atoms with van der Waals surface area (Å²) in [5.41, 5.74) is 1.59. The van der Waals surface area contributed by atoms with Gasteiger partial charge in [0.05, 0.1) is 24.8 Å². The molecule has 11 heteroatoms. The first kappa shape index (κ1) is 35.8. The van der Waals surface area contributed by atoms with Crippen molar-refractivity contribution in [3.63, 3.8) is 0 Å². The third-order valence-corrected chi connectivity index (χ3v) is 10.9. The van der Waals surface area contributed by atoms with Gasteiger partial charge in [0.25, 0.3) is 10.0 Å². The van der Waals surface area contributed by atoms with Crippen molar-refractivity contribution in [3.05, 3.63) is 119 Å². The van der Waals surface area contributed by atoms with Gasteiger partial charge in [-0.1, -0.05) is 97.6 Å². The molecule has 1 fully saturated rings. The molecule has 0 radical (unpaired) electrons. The Morgan fingerprint density at radius 2 is 1.51 bits per heavy atom. The van der Waals surface area contributed by atoms with Crippen LogP contribution in [0.3, 0.4) is 0 Å². The number of carbonyl (C=O) groups is 2. The maximum atomic E-state index is 14.8. The Balaban J connectivity index is 1.61. The Morgan fingerprint density at radius 3 is 2.16 bits per heavy atom. The van der Waals surface area contributed by atoms with Crippen molar-refractivity contribution in [2.75, 3.05) is 25.1 Å². The minimum absolute atomic E-state index is 0.00668. The fourth-order valence-electron chi connectivity index (χ4n) is 6.13. The molecule has 0 aliphatic heterocycles. The topological polar surface area (TPSA) is 105 Å². The lowest BCUT2D eigenvalue weighted by Crippen LogP contribution is -2.55. The van der Waals surface area contributed by atoms with Gasteiger partial charge in [-0.25, -0.2) is 8.42 Å². The fraction of sp³-hybridized carbons (Fsp3) is 0.316. The molecule has 1 saturated carbocycles. The molecule has 2 amide bonds. The molecule has 4 aromatic rings. The summed E-state index contributed by atoms with van der Waals surface area (Å²) in [5, 5.41) is 3.64. The lowest BCUT2D eigenvalue weighted by Gasteiger charge is -2.35. The summed E-state index contributed by atoms with van der Waals surface area (Å²) in [6, 6.07) is 28.3. The van der Waals surface area contributed by atoms with Crippen LogP contribution in [-0.2, 0) is 32.6 Å². The standard InChI is InChI=1S/C38H42ClN3O6S/c1-47-31-22-23-36(48-2)34(25-31)42(49(45,46)32-19-10-5-11-20-32)27-37(43)41(26-29-16-12-13-21-33(29)39)35(24-28-14-6-3-7-15-28)38(44)40-30-17-8-4-9-18-30/h3,5-7,10-16,19-23,25,30,35H,4,8-9,17-18,24,26-27H2,1-2H3,(H,40,44)/t35-/m1/s1. The van der Waals surface area contributed by atoms with Gasteiger partial charge in [0.2, 0.25) is 11.8 Å². The number of carbonyl (C=O) groups excluding carboxylic acids is 2. The number of hydrogen-bond donors (Lipinski definition) is 1. The van der Waals surface area contributed by atoms with E-state index in [4.69, 9.17) is 21.1 Å². The van der Waals surface area contributed by atoms with E-state index in [9.17, 15) is 18.0 Å². The van der Waals surface area contributed by atoms with E-state index in [-0.39, 0.29) is 41.2 Å². The zero-order valence-corrected chi connectivity index (χ0v) is 29.3. The Labute approximate surface area is 293 Å². The summed E-state index contributed by atoms with van der Waals surface area (Å²) in [7, 11) is -1.43. The first-order valence-electron chi connectivity index (χ1n) is 16.4. The van der Waals surface area contributed by atoms with E-state index in [0.29, 0.717) is 16.3 Å². The number of nitrogens with one attached hydrogen (secondary N) is 1. The van der Waals surface area contributed by atoms with E-state index in [1.54, 1.807) is 48.5 Å². The van der Waals surface area contributed by atoms with Crippen molar-refractivity contribution in [3.8, 4) is 11.5 Å². The van der Waals surface area contributed by atoms with Gasteiger partial charge in [-0.15, -0.1) is 0 Å². The van der Waals surface area contributed by atoms with Crippen LogP contribution in [0, 0.1) is 0 Å². The summed E-state index contributed by atoms with van der Waals surface area (Å²) in [6.07, 6.45) is 5.10. The highest BCUT2D eigenvalue weighted by Crippen LogP contribution is 2.36. The number of nitrogens with zero attached hydrogens (tertiary/aromatic N) is 2. The monoisotopic (exact) mass is 703 g/mol. The van der Waals surface area contributed by atoms with Gasteiger partial charge in [0.15, 0.2) is 0 Å². The highest BCUT2D eigenvalue weighted by molar-refractivity contribution is 7.92. The zero-order chi connectivity index (χ0) is 34.8. The van der Waals surface area contributed by atoms with E-state index < -0.39 is 28.5 Å². The Kier molecular flexibility index (Phi) is 12.2. The largest absolute Gasteiger partial charge is 0.497 e. The number of sulfonamides is 1. The molecule has 0 bridgehead atoms. The lowest BCUT2D eigenvalue weighted by atomic mass is 9.94. The molecule has 0 heterocycles. The molecule has 49 heavy (non-hydrogen) atoms. The highest BCUT2D eigenvalue weighted by Gasteiger charge is 2.36. The lowest BCUT2D eigenvalue weighted by molar-refractivity contribution is -0.140. The Morgan fingerprint density at radius 1 is 0.857 bits per heavy atom. The Bertz CT molecular complexity index is 1820. The third kappa shape index (κ3) is 8.93. The molecule has 9 nitrogen and oxygen atoms in total. The molecular weight excluding hydrogens is 662 g/mol. The third-order valence-electron chi connectivity index (χ3n) is 8.79. The van der Waals surface area contributed by atoms with Crippen molar-refractivity contribution in [2.45, 2.75) is 62.0 Å². The highest BCUT2D eigenvalue weighted by atomic mass is 35.5. The van der Waals surface area contributed by atoms with Crippen molar-refractivity contribution in [1.82, 2.24) is 10.2 Å². The van der Waals surface area contributed by atoms with Crippen LogP contribution in [0.4, 0.5) is 5.69 Å². The maximum Gasteiger partial charge on any atom is 0.264 e. The molecule has 0 unspecified atom stereocenters. The molecule has 0 saturated heterocycles. The second-order valence-electron chi connectivity index (χ2n) is 12.0. The smallest absolute Gasteiger partial charge is 0.264 e.